The van der Waals surface area contributed by atoms with Crippen molar-refractivity contribution in [3.8, 4) is 0 Å². The predicted octanol–water partition coefficient (Wildman–Crippen LogP) is 4.23. The summed E-state index contributed by atoms with van der Waals surface area (Å²) in [7, 11) is 0. The molecule has 3 heteroatoms. The highest BCUT2D eigenvalue weighted by Crippen LogP contribution is 2.40. The number of carbonyl (C=O) groups is 1. The molecule has 0 aliphatic carbocycles. The Hall–Kier alpha value is -2.00. The Bertz CT molecular complexity index is 717. The Kier molecular flexibility index (Phi) is 3.36. The quantitative estimate of drug-likeness (QED) is 0.715. The van der Waals surface area contributed by atoms with Gasteiger partial charge in [-0.1, -0.05) is 42.1 Å². The fourth-order valence-corrected chi connectivity index (χ4v) is 3.52. The van der Waals surface area contributed by atoms with Crippen molar-refractivity contribution in [3.63, 3.8) is 0 Å². The van der Waals surface area contributed by atoms with E-state index in [2.05, 4.69) is 12.1 Å². The molecule has 0 unspecified atom stereocenters. The van der Waals surface area contributed by atoms with Gasteiger partial charge >= 0.3 is 5.97 Å². The average Bonchev–Trinajstić information content (AvgIpc) is 2.45. The average molecular weight is 282 g/mol. The SMILES string of the molecule is C/C=C(/C(=O)O)c1ccc2c(c1)Cc1ccccc1S2. The van der Waals surface area contributed by atoms with Gasteiger partial charge in [0, 0.05) is 9.79 Å². The van der Waals surface area contributed by atoms with Crippen molar-refractivity contribution in [1.29, 1.82) is 0 Å². The lowest BCUT2D eigenvalue weighted by molar-refractivity contribution is -0.130. The smallest absolute Gasteiger partial charge is 0.335 e. The van der Waals surface area contributed by atoms with Crippen molar-refractivity contribution in [2.75, 3.05) is 0 Å². The van der Waals surface area contributed by atoms with Crippen molar-refractivity contribution in [3.05, 3.63) is 65.2 Å². The maximum absolute atomic E-state index is 11.2. The maximum Gasteiger partial charge on any atom is 0.335 e. The van der Waals surface area contributed by atoms with E-state index in [1.54, 1.807) is 24.8 Å². The van der Waals surface area contributed by atoms with E-state index < -0.39 is 5.97 Å². The zero-order valence-electron chi connectivity index (χ0n) is 11.1. The van der Waals surface area contributed by atoms with Gasteiger partial charge in [0.15, 0.2) is 0 Å². The molecule has 0 spiro atoms. The van der Waals surface area contributed by atoms with Crippen LogP contribution in [-0.2, 0) is 11.2 Å². The topological polar surface area (TPSA) is 37.3 Å². The molecule has 1 aliphatic rings. The molecule has 20 heavy (non-hydrogen) atoms. The number of hydrogen-bond acceptors (Lipinski definition) is 2. The van der Waals surface area contributed by atoms with E-state index in [9.17, 15) is 9.90 Å². The lowest BCUT2D eigenvalue weighted by atomic mass is 9.98. The summed E-state index contributed by atoms with van der Waals surface area (Å²) < 4.78 is 0. The lowest BCUT2D eigenvalue weighted by Gasteiger charge is -2.19. The van der Waals surface area contributed by atoms with Crippen LogP contribution in [0.1, 0.15) is 23.6 Å². The molecule has 1 aliphatic heterocycles. The van der Waals surface area contributed by atoms with Gasteiger partial charge in [-0.05, 0) is 48.2 Å². The van der Waals surface area contributed by atoms with Gasteiger partial charge in [-0.25, -0.2) is 4.79 Å². The second kappa shape index (κ2) is 5.17. The Morgan fingerprint density at radius 1 is 1.15 bits per heavy atom. The van der Waals surface area contributed by atoms with E-state index in [1.807, 2.05) is 30.3 Å². The molecule has 100 valence electrons. The minimum atomic E-state index is -0.878. The largest absolute Gasteiger partial charge is 0.478 e. The van der Waals surface area contributed by atoms with Crippen LogP contribution in [0.3, 0.4) is 0 Å². The number of aliphatic carboxylic acids is 1. The molecule has 0 fully saturated rings. The Morgan fingerprint density at radius 3 is 2.65 bits per heavy atom. The summed E-state index contributed by atoms with van der Waals surface area (Å²) in [4.78, 5) is 13.7. The highest BCUT2D eigenvalue weighted by molar-refractivity contribution is 7.99. The summed E-state index contributed by atoms with van der Waals surface area (Å²) in [6, 6.07) is 14.3. The van der Waals surface area contributed by atoms with Gasteiger partial charge in [0.2, 0.25) is 0 Å². The third-order valence-corrected chi connectivity index (χ3v) is 4.70. The van der Waals surface area contributed by atoms with Crippen LogP contribution in [0.2, 0.25) is 0 Å². The van der Waals surface area contributed by atoms with Crippen molar-refractivity contribution in [1.82, 2.24) is 0 Å². The number of fused-ring (bicyclic) bond motifs is 2. The van der Waals surface area contributed by atoms with Crippen LogP contribution in [0.4, 0.5) is 0 Å². The molecule has 0 saturated heterocycles. The number of rotatable bonds is 2. The van der Waals surface area contributed by atoms with Gasteiger partial charge in [0.05, 0.1) is 5.57 Å². The van der Waals surface area contributed by atoms with Crippen LogP contribution in [-0.4, -0.2) is 11.1 Å². The monoisotopic (exact) mass is 282 g/mol. The zero-order valence-corrected chi connectivity index (χ0v) is 11.9. The molecule has 0 amide bonds. The molecule has 2 aromatic rings. The molecule has 1 heterocycles. The van der Waals surface area contributed by atoms with E-state index >= 15 is 0 Å². The molecule has 1 N–H and O–H groups in total. The Morgan fingerprint density at radius 2 is 1.90 bits per heavy atom. The highest BCUT2D eigenvalue weighted by Gasteiger charge is 2.17. The summed E-state index contributed by atoms with van der Waals surface area (Å²) in [5, 5.41) is 9.22. The molecule has 3 rings (SSSR count). The van der Waals surface area contributed by atoms with Crippen molar-refractivity contribution in [2.45, 2.75) is 23.1 Å². The third-order valence-electron chi connectivity index (χ3n) is 3.46. The van der Waals surface area contributed by atoms with Crippen LogP contribution in [0, 0.1) is 0 Å². The summed E-state index contributed by atoms with van der Waals surface area (Å²) >= 11 is 1.75. The molecule has 0 atom stereocenters. The molecule has 2 aromatic carbocycles. The van der Waals surface area contributed by atoms with Gasteiger partial charge in [-0.2, -0.15) is 0 Å². The van der Waals surface area contributed by atoms with Crippen LogP contribution in [0.5, 0.6) is 0 Å². The summed E-state index contributed by atoms with van der Waals surface area (Å²) in [6.45, 7) is 1.76. The molecule has 0 bridgehead atoms. The molecule has 2 nitrogen and oxygen atoms in total. The van der Waals surface area contributed by atoms with Gasteiger partial charge in [-0.15, -0.1) is 0 Å². The van der Waals surface area contributed by atoms with Crippen LogP contribution < -0.4 is 0 Å². The van der Waals surface area contributed by atoms with E-state index in [0.717, 1.165) is 12.0 Å². The number of carboxylic acid groups (broad SMARTS) is 1. The normalized spacial score (nSPS) is 13.6. The molecule has 0 radical (unpaired) electrons. The van der Waals surface area contributed by atoms with Crippen LogP contribution >= 0.6 is 11.8 Å². The van der Waals surface area contributed by atoms with Gasteiger partial charge in [0.1, 0.15) is 0 Å². The standard InChI is InChI=1S/C17H14O2S/c1-2-14(17(18)19)11-7-8-16-13(9-11)10-12-5-3-4-6-15(12)20-16/h2-9H,10H2,1H3,(H,18,19)/b14-2+. The highest BCUT2D eigenvalue weighted by atomic mass is 32.2. The van der Waals surface area contributed by atoms with E-state index in [4.69, 9.17) is 0 Å². The van der Waals surface area contributed by atoms with E-state index in [-0.39, 0.29) is 0 Å². The number of carboxylic acids is 1. The van der Waals surface area contributed by atoms with Crippen molar-refractivity contribution in [2.24, 2.45) is 0 Å². The van der Waals surface area contributed by atoms with Crippen molar-refractivity contribution < 1.29 is 9.90 Å². The summed E-state index contributed by atoms with van der Waals surface area (Å²) in [6.07, 6.45) is 2.51. The first-order chi connectivity index (χ1) is 9.69. The fraction of sp³-hybridized carbons (Fsp3) is 0.118. The zero-order chi connectivity index (χ0) is 14.1. The molecular weight excluding hydrogens is 268 g/mol. The fourth-order valence-electron chi connectivity index (χ4n) is 2.47. The van der Waals surface area contributed by atoms with E-state index in [0.29, 0.717) is 5.57 Å². The second-order valence-corrected chi connectivity index (χ2v) is 5.80. The van der Waals surface area contributed by atoms with Gasteiger partial charge in [0.25, 0.3) is 0 Å². The van der Waals surface area contributed by atoms with Gasteiger partial charge in [-0.3, -0.25) is 0 Å². The first-order valence-corrected chi connectivity index (χ1v) is 7.29. The number of hydrogen-bond donors (Lipinski definition) is 1. The van der Waals surface area contributed by atoms with Gasteiger partial charge < -0.3 is 5.11 Å². The van der Waals surface area contributed by atoms with E-state index in [1.165, 1.54) is 20.9 Å². The maximum atomic E-state index is 11.2. The Balaban J connectivity index is 2.02. The minimum Gasteiger partial charge on any atom is -0.478 e. The Labute approximate surface area is 122 Å². The number of allylic oxidation sites excluding steroid dienone is 1. The molecule has 0 saturated carbocycles. The molecule has 0 aromatic heterocycles. The minimum absolute atomic E-state index is 0.358. The van der Waals surface area contributed by atoms with Crippen LogP contribution in [0.15, 0.2) is 58.3 Å². The lowest BCUT2D eigenvalue weighted by Crippen LogP contribution is -2.03. The first-order valence-electron chi connectivity index (χ1n) is 6.47. The second-order valence-electron chi connectivity index (χ2n) is 4.72. The first kappa shape index (κ1) is 13.0. The summed E-state index contributed by atoms with van der Waals surface area (Å²) in [5.74, 6) is -0.878. The molecular formula is C17H14O2S. The van der Waals surface area contributed by atoms with Crippen LogP contribution in [0.25, 0.3) is 5.57 Å². The summed E-state index contributed by atoms with van der Waals surface area (Å²) in [5.41, 5.74) is 3.64. The third kappa shape index (κ3) is 2.25. The van der Waals surface area contributed by atoms with Crippen molar-refractivity contribution >= 4 is 23.3 Å². The number of benzene rings is 2. The predicted molar refractivity (Wildman–Crippen MR) is 81.1 cm³/mol.